The van der Waals surface area contributed by atoms with Gasteiger partial charge in [-0.3, -0.25) is 4.79 Å². The van der Waals surface area contributed by atoms with Gasteiger partial charge in [-0.25, -0.2) is 0 Å². The summed E-state index contributed by atoms with van der Waals surface area (Å²) in [5.41, 5.74) is 0.557. The zero-order valence-corrected chi connectivity index (χ0v) is 15.1. The third-order valence-electron chi connectivity index (χ3n) is 3.63. The van der Waals surface area contributed by atoms with Gasteiger partial charge in [-0.15, -0.1) is 0 Å². The maximum atomic E-state index is 12.6. The number of ether oxygens (including phenoxy) is 2. The van der Waals surface area contributed by atoms with E-state index in [0.29, 0.717) is 28.4 Å². The van der Waals surface area contributed by atoms with Crippen molar-refractivity contribution in [3.8, 4) is 29.7 Å². The highest BCUT2D eigenvalue weighted by atomic mass is 16.5. The smallest absolute Gasteiger partial charge is 0.255 e. The van der Waals surface area contributed by atoms with Gasteiger partial charge in [-0.2, -0.15) is 15.8 Å². The summed E-state index contributed by atoms with van der Waals surface area (Å²) in [6.45, 7) is 0. The molecule has 0 aliphatic heterocycles. The summed E-state index contributed by atoms with van der Waals surface area (Å²) in [6, 6.07) is 16.3. The Balaban J connectivity index is 2.29. The first-order valence-electron chi connectivity index (χ1n) is 7.91. The largest absolute Gasteiger partial charge is 0.497 e. The third kappa shape index (κ3) is 4.57. The van der Waals surface area contributed by atoms with Crippen LogP contribution in [0.15, 0.2) is 53.7 Å². The van der Waals surface area contributed by atoms with Crippen molar-refractivity contribution in [1.29, 1.82) is 15.8 Å². The Morgan fingerprint density at radius 1 is 0.929 bits per heavy atom. The summed E-state index contributed by atoms with van der Waals surface area (Å²) in [4.78, 5) is 12.6. The summed E-state index contributed by atoms with van der Waals surface area (Å²) in [5, 5.41) is 32.3. The monoisotopic (exact) mass is 373 g/mol. The van der Waals surface area contributed by atoms with Gasteiger partial charge in [0.05, 0.1) is 19.9 Å². The first-order valence-corrected chi connectivity index (χ1v) is 7.91. The molecular formula is C20H15N5O3. The van der Waals surface area contributed by atoms with Crippen LogP contribution in [-0.2, 0) is 0 Å². The van der Waals surface area contributed by atoms with Crippen LogP contribution >= 0.6 is 0 Å². The minimum absolute atomic E-state index is 0.197. The molecular weight excluding hydrogens is 358 g/mol. The summed E-state index contributed by atoms with van der Waals surface area (Å²) in [6.07, 6.45) is 0. The fraction of sp³-hybridized carbons (Fsp3) is 0.100. The number of hydrogen-bond donors (Lipinski definition) is 2. The average molecular weight is 373 g/mol. The van der Waals surface area contributed by atoms with Crippen LogP contribution in [0.1, 0.15) is 10.4 Å². The van der Waals surface area contributed by atoms with Gasteiger partial charge >= 0.3 is 0 Å². The molecule has 8 heteroatoms. The summed E-state index contributed by atoms with van der Waals surface area (Å²) in [7, 11) is 3.00. The maximum Gasteiger partial charge on any atom is 0.255 e. The van der Waals surface area contributed by atoms with Crippen LogP contribution in [-0.4, -0.2) is 20.1 Å². The van der Waals surface area contributed by atoms with E-state index in [1.165, 1.54) is 20.3 Å². The Hall–Kier alpha value is -4.48. The number of nitriles is 3. The van der Waals surface area contributed by atoms with Gasteiger partial charge in [-0.05, 0) is 30.3 Å². The molecule has 0 radical (unpaired) electrons. The molecule has 138 valence electrons. The molecule has 1 amide bonds. The molecule has 2 rings (SSSR count). The lowest BCUT2D eigenvalue weighted by Gasteiger charge is -2.12. The highest BCUT2D eigenvalue weighted by Gasteiger charge is 2.12. The van der Waals surface area contributed by atoms with E-state index >= 15 is 0 Å². The quantitative estimate of drug-likeness (QED) is 0.743. The molecule has 0 heterocycles. The number of benzene rings is 2. The number of nitrogens with zero attached hydrogens (tertiary/aromatic N) is 3. The minimum Gasteiger partial charge on any atom is -0.497 e. The van der Waals surface area contributed by atoms with Crippen LogP contribution in [0.4, 0.5) is 11.4 Å². The van der Waals surface area contributed by atoms with Gasteiger partial charge in [0.25, 0.3) is 5.91 Å². The number of allylic oxidation sites excluding steroid dienone is 2. The van der Waals surface area contributed by atoms with Gasteiger partial charge in [0.1, 0.15) is 35.4 Å². The van der Waals surface area contributed by atoms with E-state index in [-0.39, 0.29) is 11.3 Å². The van der Waals surface area contributed by atoms with Crippen molar-refractivity contribution in [3.63, 3.8) is 0 Å². The Morgan fingerprint density at radius 3 is 2.29 bits per heavy atom. The Morgan fingerprint density at radius 2 is 1.68 bits per heavy atom. The summed E-state index contributed by atoms with van der Waals surface area (Å²) in [5.74, 6) is 0.597. The van der Waals surface area contributed by atoms with Crippen molar-refractivity contribution in [2.45, 2.75) is 0 Å². The standard InChI is InChI=1S/C20H15N5O3/c1-27-16-6-7-19(28-2)17(9-16)25-20(26)13-4-3-5-15(8-13)24-18(12-23)14(10-21)11-22/h3-9,24H,1-2H3,(H,25,26). The summed E-state index contributed by atoms with van der Waals surface area (Å²) >= 11 is 0. The van der Waals surface area contributed by atoms with Crippen molar-refractivity contribution >= 4 is 17.3 Å². The SMILES string of the molecule is COc1ccc(OC)c(NC(=O)c2cccc(NC(C#N)=C(C#N)C#N)c2)c1. The molecule has 0 atom stereocenters. The number of nitrogens with one attached hydrogen (secondary N) is 2. The second kappa shape index (κ2) is 9.28. The second-order valence-electron chi connectivity index (χ2n) is 5.31. The first-order chi connectivity index (χ1) is 13.6. The lowest BCUT2D eigenvalue weighted by molar-refractivity contribution is 0.102. The molecule has 28 heavy (non-hydrogen) atoms. The molecule has 2 aromatic carbocycles. The fourth-order valence-electron chi connectivity index (χ4n) is 2.27. The van der Waals surface area contributed by atoms with Crippen LogP contribution in [0.25, 0.3) is 0 Å². The van der Waals surface area contributed by atoms with E-state index < -0.39 is 5.91 Å². The third-order valence-corrected chi connectivity index (χ3v) is 3.63. The van der Waals surface area contributed by atoms with E-state index in [9.17, 15) is 4.79 Å². The van der Waals surface area contributed by atoms with Crippen molar-refractivity contribution in [2.24, 2.45) is 0 Å². The Bertz CT molecular complexity index is 1040. The van der Waals surface area contributed by atoms with Crippen LogP contribution in [0, 0.1) is 34.0 Å². The van der Waals surface area contributed by atoms with E-state index in [1.807, 2.05) is 0 Å². The highest BCUT2D eigenvalue weighted by Crippen LogP contribution is 2.29. The Labute approximate surface area is 161 Å². The van der Waals surface area contributed by atoms with Gasteiger partial charge in [0, 0.05) is 17.3 Å². The lowest BCUT2D eigenvalue weighted by atomic mass is 10.1. The maximum absolute atomic E-state index is 12.6. The number of carbonyl (C=O) groups is 1. The first kappa shape index (κ1) is 19.8. The molecule has 0 aliphatic carbocycles. The van der Waals surface area contributed by atoms with Crippen molar-refractivity contribution in [2.75, 3.05) is 24.9 Å². The molecule has 0 aliphatic rings. The average Bonchev–Trinajstić information content (AvgIpc) is 2.73. The van der Waals surface area contributed by atoms with Crippen LogP contribution in [0.2, 0.25) is 0 Å². The topological polar surface area (TPSA) is 131 Å². The predicted octanol–water partition coefficient (Wildman–Crippen LogP) is 3.19. The molecule has 0 saturated carbocycles. The van der Waals surface area contributed by atoms with Crippen molar-refractivity contribution in [3.05, 3.63) is 59.3 Å². The van der Waals surface area contributed by atoms with E-state index in [2.05, 4.69) is 10.6 Å². The van der Waals surface area contributed by atoms with Crippen molar-refractivity contribution < 1.29 is 14.3 Å². The molecule has 2 aromatic rings. The zero-order valence-electron chi connectivity index (χ0n) is 15.1. The number of hydrogen-bond acceptors (Lipinski definition) is 7. The van der Waals surface area contributed by atoms with Crippen LogP contribution in [0.5, 0.6) is 11.5 Å². The lowest BCUT2D eigenvalue weighted by Crippen LogP contribution is -2.13. The molecule has 0 unspecified atom stereocenters. The normalized spacial score (nSPS) is 9.11. The number of methoxy groups -OCH3 is 2. The Kier molecular flexibility index (Phi) is 6.58. The van der Waals surface area contributed by atoms with Gasteiger partial charge < -0.3 is 20.1 Å². The molecule has 0 saturated heterocycles. The highest BCUT2D eigenvalue weighted by molar-refractivity contribution is 6.05. The molecule has 2 N–H and O–H groups in total. The van der Waals surface area contributed by atoms with Gasteiger partial charge in [0.2, 0.25) is 0 Å². The number of rotatable bonds is 6. The van der Waals surface area contributed by atoms with E-state index in [4.69, 9.17) is 25.3 Å². The van der Waals surface area contributed by atoms with Crippen molar-refractivity contribution in [1.82, 2.24) is 0 Å². The molecule has 0 bridgehead atoms. The number of anilines is 2. The van der Waals surface area contributed by atoms with Gasteiger partial charge in [-0.1, -0.05) is 6.07 Å². The molecule has 8 nitrogen and oxygen atoms in total. The number of amides is 1. The molecule has 0 aromatic heterocycles. The van der Waals surface area contributed by atoms with E-state index in [1.54, 1.807) is 54.6 Å². The minimum atomic E-state index is -0.418. The summed E-state index contributed by atoms with van der Waals surface area (Å²) < 4.78 is 10.4. The van der Waals surface area contributed by atoms with E-state index in [0.717, 1.165) is 0 Å². The van der Waals surface area contributed by atoms with Crippen LogP contribution < -0.4 is 20.1 Å². The fourth-order valence-corrected chi connectivity index (χ4v) is 2.27. The molecule has 0 fully saturated rings. The predicted molar refractivity (Wildman–Crippen MR) is 101 cm³/mol. The molecule has 0 spiro atoms. The second-order valence-corrected chi connectivity index (χ2v) is 5.31. The van der Waals surface area contributed by atoms with Crippen LogP contribution in [0.3, 0.4) is 0 Å². The number of carbonyl (C=O) groups excluding carboxylic acids is 1. The zero-order chi connectivity index (χ0) is 20.5. The van der Waals surface area contributed by atoms with Gasteiger partial charge in [0.15, 0.2) is 5.57 Å².